The van der Waals surface area contributed by atoms with Gasteiger partial charge >= 0.3 is 0 Å². The molecule has 3 heterocycles. The normalized spacial score (nSPS) is 11.5. The summed E-state index contributed by atoms with van der Waals surface area (Å²) < 4.78 is 7.25. The van der Waals surface area contributed by atoms with Gasteiger partial charge in [-0.2, -0.15) is 5.26 Å². The zero-order valence-corrected chi connectivity index (χ0v) is 17.4. The number of aromatic nitrogens is 3. The van der Waals surface area contributed by atoms with E-state index < -0.39 is 0 Å². The molecule has 6 heteroatoms. The predicted octanol–water partition coefficient (Wildman–Crippen LogP) is 5.51. The van der Waals surface area contributed by atoms with Gasteiger partial charge in [-0.1, -0.05) is 29.8 Å². The molecular weight excluding hydrogens is 396 g/mol. The molecule has 0 aliphatic rings. The van der Waals surface area contributed by atoms with Crippen LogP contribution in [0.25, 0.3) is 22.6 Å². The van der Waals surface area contributed by atoms with Crippen LogP contribution in [0.15, 0.2) is 61.1 Å². The molecule has 4 rings (SSSR count). The van der Waals surface area contributed by atoms with Gasteiger partial charge in [0.1, 0.15) is 0 Å². The van der Waals surface area contributed by atoms with Crippen molar-refractivity contribution in [1.29, 1.82) is 5.26 Å². The van der Waals surface area contributed by atoms with Crippen LogP contribution in [0.3, 0.4) is 0 Å². The number of rotatable bonds is 5. The maximum atomic E-state index is 9.72. The number of hydrogen-bond donors (Lipinski definition) is 0. The largest absolute Gasteiger partial charge is 0.481 e. The molecule has 0 unspecified atom stereocenters. The first-order valence-electron chi connectivity index (χ1n) is 9.39. The highest BCUT2D eigenvalue weighted by molar-refractivity contribution is 6.31. The van der Waals surface area contributed by atoms with E-state index >= 15 is 0 Å². The van der Waals surface area contributed by atoms with Gasteiger partial charge in [0.2, 0.25) is 5.88 Å². The van der Waals surface area contributed by atoms with Crippen LogP contribution in [0.1, 0.15) is 22.4 Å². The van der Waals surface area contributed by atoms with Crippen molar-refractivity contribution in [3.05, 3.63) is 88.5 Å². The molecule has 0 fully saturated rings. The Hall–Kier alpha value is -3.62. The minimum Gasteiger partial charge on any atom is -0.481 e. The molecule has 0 aliphatic heterocycles. The average molecular weight is 415 g/mol. The molecule has 30 heavy (non-hydrogen) atoms. The van der Waals surface area contributed by atoms with E-state index in [2.05, 4.69) is 20.6 Å². The highest BCUT2D eigenvalue weighted by Crippen LogP contribution is 2.29. The van der Waals surface area contributed by atoms with Crippen molar-refractivity contribution in [3.63, 3.8) is 0 Å². The number of nitriles is 1. The quantitative estimate of drug-likeness (QED) is 0.403. The first-order chi connectivity index (χ1) is 14.6. The van der Waals surface area contributed by atoms with Gasteiger partial charge in [-0.25, -0.2) is 4.98 Å². The molecule has 0 spiro atoms. The van der Waals surface area contributed by atoms with Gasteiger partial charge in [-0.05, 0) is 36.8 Å². The summed E-state index contributed by atoms with van der Waals surface area (Å²) in [6.07, 6.45) is 7.45. The summed E-state index contributed by atoms with van der Waals surface area (Å²) in [6, 6.07) is 15.7. The second-order valence-electron chi connectivity index (χ2n) is 6.94. The molecule has 5 nitrogen and oxygen atoms in total. The minimum absolute atomic E-state index is 0.558. The maximum Gasteiger partial charge on any atom is 0.212 e. The lowest BCUT2D eigenvalue weighted by Gasteiger charge is -2.06. The summed E-state index contributed by atoms with van der Waals surface area (Å²) in [7, 11) is 1.60. The van der Waals surface area contributed by atoms with Gasteiger partial charge in [0, 0.05) is 58.4 Å². The van der Waals surface area contributed by atoms with Gasteiger partial charge in [0.25, 0.3) is 0 Å². The van der Waals surface area contributed by atoms with Crippen LogP contribution in [0.5, 0.6) is 5.88 Å². The molecule has 0 bridgehead atoms. The Morgan fingerprint density at radius 2 is 2.03 bits per heavy atom. The molecule has 0 amide bonds. The van der Waals surface area contributed by atoms with Crippen LogP contribution < -0.4 is 4.74 Å². The Morgan fingerprint density at radius 1 is 1.17 bits per heavy atom. The lowest BCUT2D eigenvalue weighted by atomic mass is 10.0. The van der Waals surface area contributed by atoms with E-state index in [9.17, 15) is 5.26 Å². The lowest BCUT2D eigenvalue weighted by molar-refractivity contribution is 0.397. The Labute approximate surface area is 179 Å². The number of fused-ring (bicyclic) bond motifs is 1. The van der Waals surface area contributed by atoms with Crippen LogP contribution >= 0.6 is 11.6 Å². The number of allylic oxidation sites excluding steroid dienone is 1. The third-order valence-corrected chi connectivity index (χ3v) is 5.11. The Balaban J connectivity index is 1.78. The van der Waals surface area contributed by atoms with E-state index in [1.54, 1.807) is 19.5 Å². The standard InChI is InChI=1S/C24H19ClN4O/c1-16-3-5-18(13-27-16)19(11-26)9-20-15-29(23-10-21(25)6-7-22(20)23)14-17-4-8-24(30-2)28-12-17/h3-10,12-13,15H,14H2,1-2H3/b19-9+. The van der Waals surface area contributed by atoms with Crippen LogP contribution in [0.2, 0.25) is 5.02 Å². The Morgan fingerprint density at radius 3 is 2.70 bits per heavy atom. The van der Waals surface area contributed by atoms with Crippen molar-refractivity contribution < 1.29 is 4.74 Å². The topological polar surface area (TPSA) is 63.7 Å². The van der Waals surface area contributed by atoms with Crippen molar-refractivity contribution in [2.75, 3.05) is 7.11 Å². The lowest BCUT2D eigenvalue weighted by Crippen LogP contribution is -1.99. The highest BCUT2D eigenvalue weighted by Gasteiger charge is 2.11. The molecule has 0 radical (unpaired) electrons. The first-order valence-corrected chi connectivity index (χ1v) is 9.77. The molecular formula is C24H19ClN4O. The minimum atomic E-state index is 0.558. The SMILES string of the molecule is COc1ccc(Cn2cc(/C=C(\C#N)c3ccc(C)nc3)c3ccc(Cl)cc32)cn1. The smallest absolute Gasteiger partial charge is 0.212 e. The van der Waals surface area contributed by atoms with Crippen molar-refractivity contribution in [2.24, 2.45) is 0 Å². The fraction of sp³-hybridized carbons (Fsp3) is 0.125. The molecule has 148 valence electrons. The van der Waals surface area contributed by atoms with Crippen molar-refractivity contribution in [3.8, 4) is 11.9 Å². The number of ether oxygens (including phenoxy) is 1. The van der Waals surface area contributed by atoms with Crippen LogP contribution in [0, 0.1) is 18.3 Å². The molecule has 0 aliphatic carbocycles. The van der Waals surface area contributed by atoms with Crippen LogP contribution in [0.4, 0.5) is 0 Å². The summed E-state index contributed by atoms with van der Waals surface area (Å²) in [5.74, 6) is 0.577. The Kier molecular flexibility index (Phi) is 5.51. The van der Waals surface area contributed by atoms with Gasteiger partial charge in [-0.15, -0.1) is 0 Å². The fourth-order valence-electron chi connectivity index (χ4n) is 3.32. The maximum absolute atomic E-state index is 9.72. The fourth-order valence-corrected chi connectivity index (χ4v) is 3.49. The number of benzene rings is 1. The number of halogens is 1. The van der Waals surface area contributed by atoms with Gasteiger partial charge in [-0.3, -0.25) is 4.98 Å². The molecule has 0 saturated carbocycles. The third-order valence-electron chi connectivity index (χ3n) is 4.88. The average Bonchev–Trinajstić information content (AvgIpc) is 3.09. The second-order valence-corrected chi connectivity index (χ2v) is 7.38. The summed E-state index contributed by atoms with van der Waals surface area (Å²) in [4.78, 5) is 8.59. The van der Waals surface area contributed by atoms with Crippen molar-refractivity contribution in [2.45, 2.75) is 13.5 Å². The molecule has 4 aromatic rings. The monoisotopic (exact) mass is 414 g/mol. The zero-order valence-electron chi connectivity index (χ0n) is 16.6. The first kappa shape index (κ1) is 19.7. The summed E-state index contributed by atoms with van der Waals surface area (Å²) in [5, 5.41) is 11.4. The molecule has 1 aromatic carbocycles. The second kappa shape index (κ2) is 8.40. The van der Waals surface area contributed by atoms with Crippen LogP contribution in [-0.2, 0) is 6.54 Å². The highest BCUT2D eigenvalue weighted by atomic mass is 35.5. The number of aryl methyl sites for hydroxylation is 1. The summed E-state index contributed by atoms with van der Waals surface area (Å²) in [6.45, 7) is 2.54. The Bertz CT molecular complexity index is 1270. The van der Waals surface area contributed by atoms with Crippen molar-refractivity contribution in [1.82, 2.24) is 14.5 Å². The van der Waals surface area contributed by atoms with E-state index in [0.717, 1.165) is 33.3 Å². The van der Waals surface area contributed by atoms with Crippen molar-refractivity contribution >= 4 is 34.2 Å². The number of methoxy groups -OCH3 is 1. The van der Waals surface area contributed by atoms with E-state index in [0.29, 0.717) is 23.0 Å². The van der Waals surface area contributed by atoms with Gasteiger partial charge in [0.05, 0.1) is 24.3 Å². The number of nitrogens with zero attached hydrogens (tertiary/aromatic N) is 4. The van der Waals surface area contributed by atoms with Gasteiger partial charge < -0.3 is 9.30 Å². The van der Waals surface area contributed by atoms with E-state index in [1.807, 2.05) is 61.7 Å². The van der Waals surface area contributed by atoms with E-state index in [4.69, 9.17) is 16.3 Å². The molecule has 0 saturated heterocycles. The third kappa shape index (κ3) is 4.05. The summed E-state index contributed by atoms with van der Waals surface area (Å²) in [5.41, 5.74) is 5.23. The zero-order chi connectivity index (χ0) is 21.1. The summed E-state index contributed by atoms with van der Waals surface area (Å²) >= 11 is 6.27. The van der Waals surface area contributed by atoms with E-state index in [1.165, 1.54) is 0 Å². The molecule has 0 atom stereocenters. The van der Waals surface area contributed by atoms with Gasteiger partial charge in [0.15, 0.2) is 0 Å². The molecule has 3 aromatic heterocycles. The number of hydrogen-bond acceptors (Lipinski definition) is 4. The number of pyridine rings is 2. The van der Waals surface area contributed by atoms with Crippen LogP contribution in [-0.4, -0.2) is 21.6 Å². The van der Waals surface area contributed by atoms with E-state index in [-0.39, 0.29) is 0 Å². The molecule has 0 N–H and O–H groups in total. The predicted molar refractivity (Wildman–Crippen MR) is 119 cm³/mol.